The van der Waals surface area contributed by atoms with E-state index in [1.54, 1.807) is 18.2 Å². The summed E-state index contributed by atoms with van der Waals surface area (Å²) in [7, 11) is 0. The third kappa shape index (κ3) is 2.01. The maximum Gasteiger partial charge on any atom is 0.117 e. The van der Waals surface area contributed by atoms with E-state index >= 15 is 0 Å². The minimum Gasteiger partial charge on any atom is -0.399 e. The molecule has 0 heterocycles. The van der Waals surface area contributed by atoms with Crippen molar-refractivity contribution in [1.82, 2.24) is 0 Å². The summed E-state index contributed by atoms with van der Waals surface area (Å²) in [5.74, 6) is 0. The lowest BCUT2D eigenvalue weighted by molar-refractivity contribution is 0.223. The topological polar surface area (TPSA) is 95.7 Å². The third-order valence-electron chi connectivity index (χ3n) is 1.74. The summed E-state index contributed by atoms with van der Waals surface area (Å²) in [5.41, 5.74) is 12.7. The van der Waals surface area contributed by atoms with Gasteiger partial charge in [-0.1, -0.05) is 0 Å². The van der Waals surface area contributed by atoms with Gasteiger partial charge in [0, 0.05) is 5.69 Å². The minimum atomic E-state index is -0.301. The molecule has 0 aromatic heterocycles. The van der Waals surface area contributed by atoms with E-state index in [-0.39, 0.29) is 13.5 Å². The lowest BCUT2D eigenvalue weighted by Gasteiger charge is -2.20. The molecule has 6 N–H and O–H groups in total. The van der Waals surface area contributed by atoms with Crippen molar-refractivity contribution in [2.75, 3.05) is 29.8 Å². The number of aliphatic hydroxyl groups excluding tert-OH is 2. The highest BCUT2D eigenvalue weighted by molar-refractivity contribution is 5.71. The molecule has 1 rings (SSSR count). The average Bonchev–Trinajstić information content (AvgIpc) is 2.13. The molecule has 72 valence electrons. The fraction of sp³-hybridized carbons (Fsp3) is 0.250. The summed E-state index contributed by atoms with van der Waals surface area (Å²) in [4.78, 5) is 1.30. The number of nitrogen functional groups attached to an aromatic ring is 2. The zero-order valence-corrected chi connectivity index (χ0v) is 7.14. The van der Waals surface area contributed by atoms with Crippen LogP contribution in [0.2, 0.25) is 0 Å². The van der Waals surface area contributed by atoms with E-state index in [0.29, 0.717) is 17.1 Å². The van der Waals surface area contributed by atoms with E-state index in [4.69, 9.17) is 21.7 Å². The molecule has 0 saturated heterocycles. The van der Waals surface area contributed by atoms with Gasteiger partial charge in [0.1, 0.15) is 13.5 Å². The molecule has 0 aliphatic heterocycles. The van der Waals surface area contributed by atoms with Gasteiger partial charge in [-0.15, -0.1) is 0 Å². The Labute approximate surface area is 76.2 Å². The van der Waals surface area contributed by atoms with E-state index in [0.717, 1.165) is 0 Å². The normalized spacial score (nSPS) is 10.0. The lowest BCUT2D eigenvalue weighted by Crippen LogP contribution is -2.26. The summed E-state index contributed by atoms with van der Waals surface area (Å²) in [6.07, 6.45) is 0. The number of hydrogen-bond donors (Lipinski definition) is 4. The smallest absolute Gasteiger partial charge is 0.117 e. The predicted octanol–water partition coefficient (Wildman–Crippen LogP) is -0.443. The highest BCUT2D eigenvalue weighted by atomic mass is 16.3. The molecule has 0 atom stereocenters. The Morgan fingerprint density at radius 2 is 1.77 bits per heavy atom. The summed E-state index contributed by atoms with van der Waals surface area (Å²) >= 11 is 0. The van der Waals surface area contributed by atoms with E-state index in [9.17, 15) is 0 Å². The molecule has 5 nitrogen and oxygen atoms in total. The average molecular weight is 183 g/mol. The van der Waals surface area contributed by atoms with Gasteiger partial charge >= 0.3 is 0 Å². The van der Waals surface area contributed by atoms with Crippen molar-refractivity contribution in [2.45, 2.75) is 0 Å². The third-order valence-corrected chi connectivity index (χ3v) is 1.74. The molecular weight excluding hydrogens is 170 g/mol. The van der Waals surface area contributed by atoms with E-state index in [1.165, 1.54) is 4.90 Å². The van der Waals surface area contributed by atoms with Crippen molar-refractivity contribution in [3.05, 3.63) is 18.2 Å². The second-order valence-electron chi connectivity index (χ2n) is 2.64. The number of anilines is 3. The van der Waals surface area contributed by atoms with Crippen LogP contribution in [0.4, 0.5) is 17.1 Å². The molecule has 13 heavy (non-hydrogen) atoms. The molecule has 0 radical (unpaired) electrons. The first-order valence-electron chi connectivity index (χ1n) is 3.80. The molecule has 0 saturated carbocycles. The van der Waals surface area contributed by atoms with E-state index in [2.05, 4.69) is 0 Å². The molecule has 0 bridgehead atoms. The number of nitrogens with two attached hydrogens (primary N) is 2. The van der Waals surface area contributed by atoms with Crippen LogP contribution in [0, 0.1) is 0 Å². The Hall–Kier alpha value is -1.46. The monoisotopic (exact) mass is 183 g/mol. The number of hydrogen-bond acceptors (Lipinski definition) is 5. The highest BCUT2D eigenvalue weighted by Crippen LogP contribution is 2.24. The lowest BCUT2D eigenvalue weighted by atomic mass is 10.2. The van der Waals surface area contributed by atoms with Gasteiger partial charge in [-0.25, -0.2) is 0 Å². The first-order chi connectivity index (χ1) is 6.19. The van der Waals surface area contributed by atoms with Gasteiger partial charge in [-0.05, 0) is 18.2 Å². The van der Waals surface area contributed by atoms with Crippen LogP contribution in [0.1, 0.15) is 0 Å². The second-order valence-corrected chi connectivity index (χ2v) is 2.64. The Morgan fingerprint density at radius 1 is 1.15 bits per heavy atom. The fourth-order valence-corrected chi connectivity index (χ4v) is 1.03. The number of aliphatic hydroxyl groups is 2. The Balaban J connectivity index is 3.03. The first kappa shape index (κ1) is 9.63. The van der Waals surface area contributed by atoms with Crippen LogP contribution in [0.15, 0.2) is 18.2 Å². The van der Waals surface area contributed by atoms with Crippen molar-refractivity contribution < 1.29 is 10.2 Å². The number of benzene rings is 1. The molecule has 1 aromatic carbocycles. The van der Waals surface area contributed by atoms with Crippen molar-refractivity contribution in [3.63, 3.8) is 0 Å². The number of rotatable bonds is 3. The van der Waals surface area contributed by atoms with Crippen LogP contribution in [0.3, 0.4) is 0 Å². The van der Waals surface area contributed by atoms with Crippen molar-refractivity contribution in [3.8, 4) is 0 Å². The molecular formula is C8H13N3O2. The standard InChI is InChI=1S/C8H13N3O2/c9-6-1-2-7(10)8(3-6)11(4-12)5-13/h1-3,12-13H,4-5,9-10H2. The molecule has 0 fully saturated rings. The van der Waals surface area contributed by atoms with E-state index < -0.39 is 0 Å². The SMILES string of the molecule is Nc1ccc(N)c(N(CO)CO)c1. The van der Waals surface area contributed by atoms with Crippen LogP contribution in [-0.4, -0.2) is 23.7 Å². The van der Waals surface area contributed by atoms with E-state index in [1.807, 2.05) is 0 Å². The van der Waals surface area contributed by atoms with Gasteiger partial charge in [-0.3, -0.25) is 0 Å². The highest BCUT2D eigenvalue weighted by Gasteiger charge is 2.07. The number of nitrogens with zero attached hydrogens (tertiary/aromatic N) is 1. The second kappa shape index (κ2) is 3.97. The van der Waals surface area contributed by atoms with Gasteiger partial charge < -0.3 is 26.6 Å². The van der Waals surface area contributed by atoms with Crippen LogP contribution in [-0.2, 0) is 0 Å². The zero-order chi connectivity index (χ0) is 9.84. The largest absolute Gasteiger partial charge is 0.399 e. The maximum absolute atomic E-state index is 8.86. The summed E-state index contributed by atoms with van der Waals surface area (Å²) < 4.78 is 0. The first-order valence-corrected chi connectivity index (χ1v) is 3.80. The zero-order valence-electron chi connectivity index (χ0n) is 7.14. The fourth-order valence-electron chi connectivity index (χ4n) is 1.03. The summed E-state index contributed by atoms with van der Waals surface area (Å²) in [6.45, 7) is -0.603. The summed E-state index contributed by atoms with van der Waals surface area (Å²) in [5, 5.41) is 17.7. The quantitative estimate of drug-likeness (QED) is 0.376. The van der Waals surface area contributed by atoms with Crippen LogP contribution < -0.4 is 16.4 Å². The molecule has 0 aliphatic carbocycles. The minimum absolute atomic E-state index is 0.301. The van der Waals surface area contributed by atoms with Gasteiger partial charge in [-0.2, -0.15) is 0 Å². The van der Waals surface area contributed by atoms with Crippen molar-refractivity contribution >= 4 is 17.1 Å². The van der Waals surface area contributed by atoms with Crippen LogP contribution in [0.25, 0.3) is 0 Å². The Bertz CT molecular complexity index is 287. The molecule has 1 aromatic rings. The maximum atomic E-state index is 8.86. The Kier molecular flexibility index (Phi) is 2.94. The molecule has 0 amide bonds. The van der Waals surface area contributed by atoms with Crippen LogP contribution >= 0.6 is 0 Å². The van der Waals surface area contributed by atoms with Crippen LogP contribution in [0.5, 0.6) is 0 Å². The Morgan fingerprint density at radius 3 is 2.31 bits per heavy atom. The van der Waals surface area contributed by atoms with Gasteiger partial charge in [0.05, 0.1) is 11.4 Å². The van der Waals surface area contributed by atoms with Crippen molar-refractivity contribution in [2.24, 2.45) is 0 Å². The van der Waals surface area contributed by atoms with Gasteiger partial charge in [0.25, 0.3) is 0 Å². The molecule has 0 unspecified atom stereocenters. The molecule has 0 spiro atoms. The summed E-state index contributed by atoms with van der Waals surface area (Å²) in [6, 6.07) is 4.89. The molecule has 5 heteroatoms. The predicted molar refractivity (Wildman–Crippen MR) is 51.9 cm³/mol. The van der Waals surface area contributed by atoms with Gasteiger partial charge in [0.15, 0.2) is 0 Å². The van der Waals surface area contributed by atoms with Crippen molar-refractivity contribution in [1.29, 1.82) is 0 Å². The van der Waals surface area contributed by atoms with Gasteiger partial charge in [0.2, 0.25) is 0 Å². The molecule has 0 aliphatic rings.